The van der Waals surface area contributed by atoms with Gasteiger partial charge in [-0.2, -0.15) is 0 Å². The summed E-state index contributed by atoms with van der Waals surface area (Å²) in [6, 6.07) is 0. The van der Waals surface area contributed by atoms with Crippen molar-refractivity contribution in [2.75, 3.05) is 0 Å². The fourth-order valence-corrected chi connectivity index (χ4v) is 8.99. The van der Waals surface area contributed by atoms with Crippen LogP contribution in [0.15, 0.2) is 23.3 Å². The lowest BCUT2D eigenvalue weighted by molar-refractivity contribution is -0.0410. The average Bonchev–Trinajstić information content (AvgIpc) is 2.96. The van der Waals surface area contributed by atoms with Crippen molar-refractivity contribution in [1.82, 2.24) is 0 Å². The van der Waals surface area contributed by atoms with Crippen LogP contribution in [-0.2, 0) is 0 Å². The summed E-state index contributed by atoms with van der Waals surface area (Å²) in [5.41, 5.74) is 3.99. The summed E-state index contributed by atoms with van der Waals surface area (Å²) in [6.07, 6.45) is 15.1. The molecule has 0 aliphatic heterocycles. The van der Waals surface area contributed by atoms with Crippen molar-refractivity contribution >= 4 is 0 Å². The summed E-state index contributed by atoms with van der Waals surface area (Å²) in [5.74, 6) is 2.51. The van der Waals surface area contributed by atoms with Crippen molar-refractivity contribution in [2.24, 2.45) is 39.9 Å². The minimum atomic E-state index is -0.711. The molecule has 4 aliphatic carbocycles. The third kappa shape index (κ3) is 3.59. The number of hydrogen-bond acceptors (Lipinski definition) is 2. The zero-order valence-corrected chi connectivity index (χ0v) is 21.3. The molecule has 2 saturated carbocycles. The molecule has 2 N–H and O–H groups in total. The standard InChI is InChI=1S/C29H48O2/c1-19(9-8-15-26(3,4)31)21-12-17-29(7)24-11-10-22-20(2)25(30)14-16-27(22,5)23(24)13-18-28(21,29)6/h8,15,19-22,25,30-31H,9-14,16-18H2,1-7H3/b15-8+/t19?,20-,21+,22-,25-,27-,28+,29-/m0/s1. The van der Waals surface area contributed by atoms with Crippen LogP contribution >= 0.6 is 0 Å². The first-order valence-electron chi connectivity index (χ1n) is 13.1. The number of fused-ring (bicyclic) bond motifs is 4. The van der Waals surface area contributed by atoms with Gasteiger partial charge in [-0.3, -0.25) is 0 Å². The predicted octanol–water partition coefficient (Wildman–Crippen LogP) is 7.06. The van der Waals surface area contributed by atoms with Gasteiger partial charge in [-0.25, -0.2) is 0 Å². The van der Waals surface area contributed by atoms with Crippen LogP contribution in [0.2, 0.25) is 0 Å². The lowest BCUT2D eigenvalue weighted by Gasteiger charge is -2.60. The summed E-state index contributed by atoms with van der Waals surface area (Å²) in [5, 5.41) is 20.6. The molecule has 0 aromatic rings. The summed E-state index contributed by atoms with van der Waals surface area (Å²) in [6.45, 7) is 16.3. The maximum Gasteiger partial charge on any atom is 0.0771 e. The highest BCUT2D eigenvalue weighted by molar-refractivity contribution is 5.38. The lowest BCUT2D eigenvalue weighted by atomic mass is 9.45. The first-order chi connectivity index (χ1) is 14.3. The normalized spacial score (nSPS) is 46.6. The molecule has 0 aromatic carbocycles. The predicted molar refractivity (Wildman–Crippen MR) is 130 cm³/mol. The van der Waals surface area contributed by atoms with Gasteiger partial charge in [0.1, 0.15) is 0 Å². The van der Waals surface area contributed by atoms with Crippen LogP contribution in [0.3, 0.4) is 0 Å². The smallest absolute Gasteiger partial charge is 0.0771 e. The van der Waals surface area contributed by atoms with Crippen LogP contribution < -0.4 is 0 Å². The molecular weight excluding hydrogens is 380 g/mol. The van der Waals surface area contributed by atoms with Crippen LogP contribution in [0.25, 0.3) is 0 Å². The number of allylic oxidation sites excluding steroid dienone is 3. The third-order valence-corrected chi connectivity index (χ3v) is 11.1. The Labute approximate surface area is 191 Å². The molecule has 0 amide bonds. The van der Waals surface area contributed by atoms with E-state index < -0.39 is 5.60 Å². The van der Waals surface area contributed by atoms with Gasteiger partial charge in [-0.05, 0) is 112 Å². The van der Waals surface area contributed by atoms with Crippen molar-refractivity contribution < 1.29 is 10.2 Å². The van der Waals surface area contributed by atoms with Crippen LogP contribution in [0, 0.1) is 39.9 Å². The van der Waals surface area contributed by atoms with Crippen LogP contribution in [-0.4, -0.2) is 21.9 Å². The van der Waals surface area contributed by atoms with Crippen LogP contribution in [0.4, 0.5) is 0 Å². The van der Waals surface area contributed by atoms with E-state index in [1.165, 1.54) is 44.9 Å². The molecule has 2 nitrogen and oxygen atoms in total. The van der Waals surface area contributed by atoms with Gasteiger partial charge in [-0.1, -0.05) is 57.9 Å². The Morgan fingerprint density at radius 3 is 2.42 bits per heavy atom. The minimum absolute atomic E-state index is 0.0988. The zero-order valence-electron chi connectivity index (χ0n) is 21.3. The highest BCUT2D eigenvalue weighted by atomic mass is 16.3. The maximum absolute atomic E-state index is 10.5. The molecule has 2 heteroatoms. The Balaban J connectivity index is 1.62. The van der Waals surface area contributed by atoms with E-state index in [4.69, 9.17) is 0 Å². The average molecular weight is 429 g/mol. The summed E-state index contributed by atoms with van der Waals surface area (Å²) in [7, 11) is 0. The van der Waals surface area contributed by atoms with Gasteiger partial charge in [0.15, 0.2) is 0 Å². The van der Waals surface area contributed by atoms with Gasteiger partial charge in [0, 0.05) is 0 Å². The zero-order chi connectivity index (χ0) is 22.8. The molecule has 0 radical (unpaired) electrons. The molecule has 0 bridgehead atoms. The second kappa shape index (κ2) is 7.73. The van der Waals surface area contributed by atoms with Crippen molar-refractivity contribution in [1.29, 1.82) is 0 Å². The van der Waals surface area contributed by atoms with E-state index in [-0.39, 0.29) is 6.10 Å². The van der Waals surface area contributed by atoms with Gasteiger partial charge in [0.25, 0.3) is 0 Å². The Kier molecular flexibility index (Phi) is 5.87. The molecule has 4 rings (SSSR count). The van der Waals surface area contributed by atoms with Gasteiger partial charge in [-0.15, -0.1) is 0 Å². The second-order valence-corrected chi connectivity index (χ2v) is 13.1. The second-order valence-electron chi connectivity index (χ2n) is 13.1. The summed E-state index contributed by atoms with van der Waals surface area (Å²) in [4.78, 5) is 0. The van der Waals surface area contributed by atoms with Crippen molar-refractivity contribution in [3.8, 4) is 0 Å². The number of aliphatic hydroxyl groups is 2. The van der Waals surface area contributed by atoms with E-state index in [0.717, 1.165) is 18.8 Å². The Morgan fingerprint density at radius 2 is 1.74 bits per heavy atom. The van der Waals surface area contributed by atoms with E-state index in [1.54, 1.807) is 0 Å². The molecular formula is C29H48O2. The molecule has 0 spiro atoms. The van der Waals surface area contributed by atoms with E-state index in [1.807, 2.05) is 31.1 Å². The first kappa shape index (κ1) is 23.6. The highest BCUT2D eigenvalue weighted by Crippen LogP contribution is 2.71. The Bertz CT molecular complexity index is 757. The van der Waals surface area contributed by atoms with Crippen LogP contribution in [0.5, 0.6) is 0 Å². The minimum Gasteiger partial charge on any atom is -0.393 e. The van der Waals surface area contributed by atoms with Crippen molar-refractivity contribution in [2.45, 2.75) is 118 Å². The Morgan fingerprint density at radius 1 is 1.03 bits per heavy atom. The van der Waals surface area contributed by atoms with Crippen molar-refractivity contribution in [3.05, 3.63) is 23.3 Å². The highest BCUT2D eigenvalue weighted by Gasteiger charge is 2.62. The molecule has 8 atom stereocenters. The molecule has 4 aliphatic rings. The van der Waals surface area contributed by atoms with Gasteiger partial charge in [0.05, 0.1) is 11.7 Å². The maximum atomic E-state index is 10.5. The summed E-state index contributed by atoms with van der Waals surface area (Å²) < 4.78 is 0. The van der Waals surface area contributed by atoms with E-state index in [9.17, 15) is 10.2 Å². The number of hydrogen-bond donors (Lipinski definition) is 2. The fourth-order valence-electron chi connectivity index (χ4n) is 8.99. The Hall–Kier alpha value is -0.600. The van der Waals surface area contributed by atoms with Gasteiger partial charge >= 0.3 is 0 Å². The third-order valence-electron chi connectivity index (χ3n) is 11.1. The fraction of sp³-hybridized carbons (Fsp3) is 0.862. The van der Waals surface area contributed by atoms with Gasteiger partial charge in [0.2, 0.25) is 0 Å². The molecule has 0 heterocycles. The number of aliphatic hydroxyl groups excluding tert-OH is 1. The monoisotopic (exact) mass is 428 g/mol. The summed E-state index contributed by atoms with van der Waals surface area (Å²) >= 11 is 0. The van der Waals surface area contributed by atoms with Gasteiger partial charge < -0.3 is 10.2 Å². The lowest BCUT2D eigenvalue weighted by Crippen LogP contribution is -2.51. The molecule has 176 valence electrons. The first-order valence-corrected chi connectivity index (χ1v) is 13.1. The molecule has 31 heavy (non-hydrogen) atoms. The van der Waals surface area contributed by atoms with E-state index in [2.05, 4.69) is 40.7 Å². The molecule has 2 fully saturated rings. The SMILES string of the molecule is CC(C/C=C/C(C)(C)O)[C@H]1CC[C@@]2(C)C3=C(CC[C@]12C)[C@@]1(C)CC[C@H](O)[C@@H](C)[C@@H]1CC3. The van der Waals surface area contributed by atoms with E-state index >= 15 is 0 Å². The molecule has 1 unspecified atom stereocenters. The van der Waals surface area contributed by atoms with E-state index in [0.29, 0.717) is 34.0 Å². The molecule has 0 saturated heterocycles. The quantitative estimate of drug-likeness (QED) is 0.471. The van der Waals surface area contributed by atoms with Crippen LogP contribution in [0.1, 0.15) is 106 Å². The largest absolute Gasteiger partial charge is 0.393 e. The topological polar surface area (TPSA) is 40.5 Å². The van der Waals surface area contributed by atoms with Crippen molar-refractivity contribution in [3.63, 3.8) is 0 Å². The molecule has 0 aromatic heterocycles. The number of rotatable bonds is 4.